The summed E-state index contributed by atoms with van der Waals surface area (Å²) in [4.78, 5) is 26.9. The maximum absolute atomic E-state index is 11.4. The fourth-order valence-corrected chi connectivity index (χ4v) is 1.86. The molecule has 0 fully saturated rings. The van der Waals surface area contributed by atoms with Crippen LogP contribution in [0.4, 0.5) is 4.79 Å². The topological polar surface area (TPSA) is 77.5 Å². The summed E-state index contributed by atoms with van der Waals surface area (Å²) in [7, 11) is 0. The average molecular weight is 316 g/mol. The number of amides is 1. The highest BCUT2D eigenvalue weighted by Gasteiger charge is 2.17. The molecule has 0 atom stereocenters. The minimum absolute atomic E-state index is 0.221. The molecule has 0 spiro atoms. The lowest BCUT2D eigenvalue weighted by Gasteiger charge is -2.19. The largest absolute Gasteiger partial charge is 0.461 e. The van der Waals surface area contributed by atoms with Crippen molar-refractivity contribution in [2.75, 3.05) is 6.61 Å². The van der Waals surface area contributed by atoms with Crippen molar-refractivity contribution in [1.82, 2.24) is 10.3 Å². The van der Waals surface area contributed by atoms with Crippen molar-refractivity contribution in [1.29, 1.82) is 0 Å². The molecule has 0 aliphatic rings. The van der Waals surface area contributed by atoms with Crippen molar-refractivity contribution in [3.05, 3.63) is 16.1 Å². The van der Waals surface area contributed by atoms with Crippen LogP contribution in [0.3, 0.4) is 0 Å². The standard InChI is InChI=1S/C12H18N2O4S.C2H6/c1-5-17-10(15)8-7-19-9(14-8)6-13-11(16)18-12(2,3)4;1-2/h7H,5-6H2,1-4H3,(H,13,16);1-2H3. The molecule has 0 saturated heterocycles. The van der Waals surface area contributed by atoms with Gasteiger partial charge in [0.1, 0.15) is 10.6 Å². The van der Waals surface area contributed by atoms with Gasteiger partial charge in [-0.15, -0.1) is 11.3 Å². The molecule has 1 aromatic heterocycles. The smallest absolute Gasteiger partial charge is 0.408 e. The highest BCUT2D eigenvalue weighted by molar-refractivity contribution is 7.09. The molecule has 7 heteroatoms. The fraction of sp³-hybridized carbons (Fsp3) is 0.643. The van der Waals surface area contributed by atoms with Crippen molar-refractivity contribution >= 4 is 23.4 Å². The van der Waals surface area contributed by atoms with Gasteiger partial charge in [0, 0.05) is 5.38 Å². The van der Waals surface area contributed by atoms with Crippen LogP contribution in [0.1, 0.15) is 57.0 Å². The molecule has 0 unspecified atom stereocenters. The molecular formula is C14H24N2O4S. The third-order valence-electron chi connectivity index (χ3n) is 1.82. The summed E-state index contributed by atoms with van der Waals surface area (Å²) in [5.74, 6) is -0.456. The van der Waals surface area contributed by atoms with Crippen LogP contribution in [0, 0.1) is 0 Å². The Bertz CT molecular complexity index is 452. The molecule has 6 nitrogen and oxygen atoms in total. The number of hydrogen-bond donors (Lipinski definition) is 1. The third kappa shape index (κ3) is 8.29. The maximum Gasteiger partial charge on any atom is 0.408 e. The van der Waals surface area contributed by atoms with Gasteiger partial charge in [-0.1, -0.05) is 13.8 Å². The predicted octanol–water partition coefficient (Wildman–Crippen LogP) is 3.37. The minimum Gasteiger partial charge on any atom is -0.461 e. The van der Waals surface area contributed by atoms with Crippen molar-refractivity contribution in [3.8, 4) is 0 Å². The van der Waals surface area contributed by atoms with E-state index >= 15 is 0 Å². The molecule has 0 bridgehead atoms. The van der Waals surface area contributed by atoms with Crippen molar-refractivity contribution in [2.45, 2.75) is 53.7 Å². The lowest BCUT2D eigenvalue weighted by atomic mass is 10.2. The molecule has 120 valence electrons. The van der Waals surface area contributed by atoms with Gasteiger partial charge in [0.15, 0.2) is 5.69 Å². The van der Waals surface area contributed by atoms with Gasteiger partial charge in [0.05, 0.1) is 13.2 Å². The van der Waals surface area contributed by atoms with Crippen LogP contribution in [0.15, 0.2) is 5.38 Å². The molecule has 0 aliphatic heterocycles. The lowest BCUT2D eigenvalue weighted by Crippen LogP contribution is -2.32. The number of esters is 1. The number of thiazole rings is 1. The van der Waals surface area contributed by atoms with Crippen molar-refractivity contribution in [2.24, 2.45) is 0 Å². The Balaban J connectivity index is 0.00000191. The molecule has 0 aromatic carbocycles. The quantitative estimate of drug-likeness (QED) is 0.862. The van der Waals surface area contributed by atoms with Gasteiger partial charge in [-0.05, 0) is 27.7 Å². The van der Waals surface area contributed by atoms with Crippen molar-refractivity contribution < 1.29 is 19.1 Å². The zero-order valence-electron chi connectivity index (χ0n) is 13.5. The molecule has 1 heterocycles. The van der Waals surface area contributed by atoms with Crippen LogP contribution in [-0.2, 0) is 16.0 Å². The van der Waals surface area contributed by atoms with E-state index in [0.717, 1.165) is 0 Å². The molecule has 0 aliphatic carbocycles. The molecule has 0 radical (unpaired) electrons. The van der Waals surface area contributed by atoms with Gasteiger partial charge in [0.25, 0.3) is 0 Å². The molecule has 21 heavy (non-hydrogen) atoms. The molecule has 1 N–H and O–H groups in total. The summed E-state index contributed by atoms with van der Waals surface area (Å²) in [6, 6.07) is 0. The van der Waals surface area contributed by atoms with Crippen LogP contribution in [0.5, 0.6) is 0 Å². The van der Waals surface area contributed by atoms with E-state index in [1.807, 2.05) is 13.8 Å². The molecule has 1 rings (SSSR count). The third-order valence-corrected chi connectivity index (χ3v) is 2.67. The minimum atomic E-state index is -0.539. The van der Waals surface area contributed by atoms with Gasteiger partial charge in [-0.25, -0.2) is 14.6 Å². The normalized spacial score (nSPS) is 10.2. The summed E-state index contributed by atoms with van der Waals surface area (Å²) >= 11 is 1.28. The average Bonchev–Trinajstić information content (AvgIpc) is 2.86. The number of hydrogen-bond acceptors (Lipinski definition) is 6. The van der Waals surface area contributed by atoms with Gasteiger partial charge >= 0.3 is 12.1 Å². The van der Waals surface area contributed by atoms with E-state index in [2.05, 4.69) is 10.3 Å². The van der Waals surface area contributed by atoms with Crippen LogP contribution >= 0.6 is 11.3 Å². The van der Waals surface area contributed by atoms with E-state index < -0.39 is 17.7 Å². The molecule has 1 amide bonds. The highest BCUT2D eigenvalue weighted by atomic mass is 32.1. The summed E-state index contributed by atoms with van der Waals surface area (Å²) in [5.41, 5.74) is -0.281. The zero-order chi connectivity index (χ0) is 16.5. The van der Waals surface area contributed by atoms with Crippen LogP contribution < -0.4 is 5.32 Å². The molecular weight excluding hydrogens is 292 g/mol. The first kappa shape index (κ1) is 19.4. The number of carbonyl (C=O) groups excluding carboxylic acids is 2. The first-order valence-electron chi connectivity index (χ1n) is 6.90. The van der Waals surface area contributed by atoms with Gasteiger partial charge in [-0.3, -0.25) is 0 Å². The summed E-state index contributed by atoms with van der Waals surface area (Å²) in [5, 5.41) is 4.80. The van der Waals surface area contributed by atoms with Crippen molar-refractivity contribution in [3.63, 3.8) is 0 Å². The van der Waals surface area contributed by atoms with Gasteiger partial charge in [0.2, 0.25) is 0 Å². The number of nitrogens with zero attached hydrogens (tertiary/aromatic N) is 1. The van der Waals surface area contributed by atoms with E-state index in [4.69, 9.17) is 9.47 Å². The Kier molecular flexibility index (Phi) is 8.61. The number of ether oxygens (including phenoxy) is 2. The summed E-state index contributed by atoms with van der Waals surface area (Å²) in [6.45, 7) is 11.6. The SMILES string of the molecule is CC.CCOC(=O)c1csc(CNC(=O)OC(C)(C)C)n1. The second-order valence-electron chi connectivity index (χ2n) is 4.70. The summed E-state index contributed by atoms with van der Waals surface area (Å²) < 4.78 is 9.91. The summed E-state index contributed by atoms with van der Waals surface area (Å²) in [6.07, 6.45) is -0.514. The lowest BCUT2D eigenvalue weighted by molar-refractivity contribution is 0.0515. The van der Waals surface area contributed by atoms with E-state index in [1.54, 1.807) is 33.1 Å². The number of alkyl carbamates (subject to hydrolysis) is 1. The Hall–Kier alpha value is -1.63. The van der Waals surface area contributed by atoms with E-state index in [1.165, 1.54) is 11.3 Å². The number of aromatic nitrogens is 1. The second kappa shape index (κ2) is 9.33. The monoisotopic (exact) mass is 316 g/mol. The Morgan fingerprint density at radius 1 is 1.33 bits per heavy atom. The Labute approximate surface area is 129 Å². The molecule has 0 saturated carbocycles. The van der Waals surface area contributed by atoms with Crippen LogP contribution in [0.25, 0.3) is 0 Å². The van der Waals surface area contributed by atoms with E-state index in [0.29, 0.717) is 11.6 Å². The van der Waals surface area contributed by atoms with Crippen LogP contribution in [-0.4, -0.2) is 29.3 Å². The van der Waals surface area contributed by atoms with Crippen LogP contribution in [0.2, 0.25) is 0 Å². The number of nitrogens with one attached hydrogen (secondary N) is 1. The van der Waals surface area contributed by atoms with Gasteiger partial charge in [-0.2, -0.15) is 0 Å². The van der Waals surface area contributed by atoms with Gasteiger partial charge < -0.3 is 14.8 Å². The first-order valence-corrected chi connectivity index (χ1v) is 7.78. The Morgan fingerprint density at radius 2 is 1.95 bits per heavy atom. The zero-order valence-corrected chi connectivity index (χ0v) is 14.3. The highest BCUT2D eigenvalue weighted by Crippen LogP contribution is 2.11. The maximum atomic E-state index is 11.4. The first-order chi connectivity index (χ1) is 9.81. The Morgan fingerprint density at radius 3 is 2.48 bits per heavy atom. The number of rotatable bonds is 4. The predicted molar refractivity (Wildman–Crippen MR) is 82.5 cm³/mol. The van der Waals surface area contributed by atoms with E-state index in [-0.39, 0.29) is 12.2 Å². The fourth-order valence-electron chi connectivity index (χ4n) is 1.15. The molecule has 1 aromatic rings. The number of carbonyl (C=O) groups is 2. The van der Waals surface area contributed by atoms with E-state index in [9.17, 15) is 9.59 Å². The second-order valence-corrected chi connectivity index (χ2v) is 5.65.